The number of nitro groups is 1. The van der Waals surface area contributed by atoms with Crippen LogP contribution in [0, 0.1) is 36.8 Å². The topological polar surface area (TPSA) is 108 Å². The van der Waals surface area contributed by atoms with E-state index >= 15 is 0 Å². The van der Waals surface area contributed by atoms with Crippen LogP contribution in [0.15, 0.2) is 6.20 Å². The number of amides is 1. The van der Waals surface area contributed by atoms with Crippen molar-refractivity contribution in [3.05, 3.63) is 39.0 Å². The molecule has 2 aromatic heterocycles. The maximum atomic E-state index is 12.3. The van der Waals surface area contributed by atoms with Crippen LogP contribution < -0.4 is 5.32 Å². The second kappa shape index (κ2) is 7.45. The van der Waals surface area contributed by atoms with Crippen LogP contribution in [-0.4, -0.2) is 30.4 Å². The Bertz CT molecular complexity index is 792. The van der Waals surface area contributed by atoms with Crippen molar-refractivity contribution in [1.82, 2.24) is 24.9 Å². The Morgan fingerprint density at radius 2 is 2.00 bits per heavy atom. The van der Waals surface area contributed by atoms with Crippen LogP contribution in [0.25, 0.3) is 0 Å². The quantitative estimate of drug-likeness (QED) is 0.607. The highest BCUT2D eigenvalue weighted by atomic mass is 16.6. The minimum atomic E-state index is -0.437. The van der Waals surface area contributed by atoms with Gasteiger partial charge in [0.2, 0.25) is 5.91 Å². The van der Waals surface area contributed by atoms with E-state index < -0.39 is 4.92 Å². The fourth-order valence-corrected chi connectivity index (χ4v) is 2.81. The Hall–Kier alpha value is -2.71. The van der Waals surface area contributed by atoms with Gasteiger partial charge in [0.1, 0.15) is 11.4 Å². The number of carbonyl (C=O) groups is 1. The van der Waals surface area contributed by atoms with Crippen LogP contribution in [0.1, 0.15) is 36.5 Å². The van der Waals surface area contributed by atoms with Crippen LogP contribution in [0.2, 0.25) is 0 Å². The number of rotatable bonds is 7. The fourth-order valence-electron chi connectivity index (χ4n) is 2.81. The Labute approximate surface area is 146 Å². The van der Waals surface area contributed by atoms with Crippen LogP contribution >= 0.6 is 0 Å². The molecule has 0 aliphatic carbocycles. The number of hydrogen-bond acceptors (Lipinski definition) is 5. The van der Waals surface area contributed by atoms with E-state index in [0.717, 1.165) is 17.8 Å². The first-order chi connectivity index (χ1) is 11.8. The second-order valence-electron chi connectivity index (χ2n) is 6.15. The molecule has 1 amide bonds. The predicted octanol–water partition coefficient (Wildman–Crippen LogP) is 1.89. The van der Waals surface area contributed by atoms with Crippen molar-refractivity contribution in [3.8, 4) is 0 Å². The first-order valence-electron chi connectivity index (χ1n) is 8.23. The number of nitrogens with one attached hydrogen (secondary N) is 1. The summed E-state index contributed by atoms with van der Waals surface area (Å²) in [5.74, 6) is -0.488. The Morgan fingerprint density at radius 3 is 2.52 bits per heavy atom. The Kier molecular flexibility index (Phi) is 5.55. The van der Waals surface area contributed by atoms with Gasteiger partial charge < -0.3 is 5.32 Å². The summed E-state index contributed by atoms with van der Waals surface area (Å²) >= 11 is 0. The normalized spacial score (nSPS) is 12.2. The molecule has 1 unspecified atom stereocenters. The smallest absolute Gasteiger partial charge is 0.312 e. The third-order valence-corrected chi connectivity index (χ3v) is 4.38. The summed E-state index contributed by atoms with van der Waals surface area (Å²) in [6.45, 7) is 10.5. The van der Waals surface area contributed by atoms with Crippen molar-refractivity contribution in [2.45, 2.75) is 54.3 Å². The van der Waals surface area contributed by atoms with E-state index in [1.807, 2.05) is 18.5 Å². The lowest BCUT2D eigenvalue weighted by molar-refractivity contribution is -0.386. The van der Waals surface area contributed by atoms with Crippen molar-refractivity contribution >= 4 is 11.6 Å². The average Bonchev–Trinajstić information content (AvgIpc) is 3.04. The summed E-state index contributed by atoms with van der Waals surface area (Å²) in [7, 11) is 0. The molecule has 0 saturated heterocycles. The van der Waals surface area contributed by atoms with Gasteiger partial charge in [0.15, 0.2) is 0 Å². The van der Waals surface area contributed by atoms with Crippen molar-refractivity contribution < 1.29 is 9.72 Å². The molecule has 1 atom stereocenters. The zero-order valence-electron chi connectivity index (χ0n) is 15.2. The number of nitrogens with zero attached hydrogens (tertiary/aromatic N) is 5. The third kappa shape index (κ3) is 3.86. The van der Waals surface area contributed by atoms with Gasteiger partial charge in [-0.1, -0.05) is 6.92 Å². The minimum Gasteiger partial charge on any atom is -0.352 e. The highest BCUT2D eigenvalue weighted by Crippen LogP contribution is 2.22. The molecule has 0 aromatic carbocycles. The summed E-state index contributed by atoms with van der Waals surface area (Å²) in [4.78, 5) is 23.0. The van der Waals surface area contributed by atoms with Gasteiger partial charge in [-0.3, -0.25) is 24.3 Å². The molecule has 0 radical (unpaired) electrons. The number of aryl methyl sites for hydroxylation is 2. The molecular formula is C16H24N6O3. The first-order valence-corrected chi connectivity index (χ1v) is 8.23. The number of aromatic nitrogens is 4. The van der Waals surface area contributed by atoms with Crippen LogP contribution in [0.3, 0.4) is 0 Å². The van der Waals surface area contributed by atoms with Gasteiger partial charge in [-0.2, -0.15) is 10.2 Å². The maximum Gasteiger partial charge on any atom is 0.312 e. The first kappa shape index (κ1) is 18.6. The zero-order valence-corrected chi connectivity index (χ0v) is 15.2. The summed E-state index contributed by atoms with van der Waals surface area (Å²) < 4.78 is 3.40. The molecule has 25 heavy (non-hydrogen) atoms. The largest absolute Gasteiger partial charge is 0.352 e. The van der Waals surface area contributed by atoms with Gasteiger partial charge in [0.25, 0.3) is 0 Å². The third-order valence-electron chi connectivity index (χ3n) is 4.38. The van der Waals surface area contributed by atoms with Crippen molar-refractivity contribution in [3.63, 3.8) is 0 Å². The van der Waals surface area contributed by atoms with E-state index in [2.05, 4.69) is 15.5 Å². The van der Waals surface area contributed by atoms with Gasteiger partial charge >= 0.3 is 5.69 Å². The molecule has 0 bridgehead atoms. The Morgan fingerprint density at radius 1 is 1.32 bits per heavy atom. The second-order valence-corrected chi connectivity index (χ2v) is 6.15. The van der Waals surface area contributed by atoms with Crippen molar-refractivity contribution in [2.24, 2.45) is 5.92 Å². The molecule has 9 nitrogen and oxygen atoms in total. The summed E-state index contributed by atoms with van der Waals surface area (Å²) in [6.07, 6.45) is 1.76. The molecule has 0 aliphatic heterocycles. The Balaban J connectivity index is 2.00. The highest BCUT2D eigenvalue weighted by molar-refractivity contribution is 5.78. The van der Waals surface area contributed by atoms with Gasteiger partial charge in [0, 0.05) is 24.3 Å². The van der Waals surface area contributed by atoms with Gasteiger partial charge in [-0.05, 0) is 27.7 Å². The molecule has 0 spiro atoms. The van der Waals surface area contributed by atoms with E-state index in [0.29, 0.717) is 24.5 Å². The zero-order chi connectivity index (χ0) is 18.7. The number of carbonyl (C=O) groups excluding carboxylic acids is 1. The van der Waals surface area contributed by atoms with E-state index in [1.165, 1.54) is 4.68 Å². The molecule has 136 valence electrons. The van der Waals surface area contributed by atoms with E-state index in [-0.39, 0.29) is 17.5 Å². The monoisotopic (exact) mass is 348 g/mol. The lowest BCUT2D eigenvalue weighted by atomic mass is 10.1. The summed E-state index contributed by atoms with van der Waals surface area (Å²) in [5, 5.41) is 22.4. The van der Waals surface area contributed by atoms with Crippen LogP contribution in [-0.2, 0) is 24.4 Å². The highest BCUT2D eigenvalue weighted by Gasteiger charge is 2.24. The molecule has 2 aromatic rings. The van der Waals surface area contributed by atoms with Crippen LogP contribution in [0.4, 0.5) is 5.69 Å². The molecule has 9 heteroatoms. The van der Waals surface area contributed by atoms with E-state index in [9.17, 15) is 14.9 Å². The fraction of sp³-hybridized carbons (Fsp3) is 0.562. The minimum absolute atomic E-state index is 0.00946. The lowest BCUT2D eigenvalue weighted by Crippen LogP contribution is -2.31. The van der Waals surface area contributed by atoms with Crippen molar-refractivity contribution in [2.75, 3.05) is 0 Å². The molecule has 0 fully saturated rings. The molecule has 0 aliphatic rings. The molecule has 1 N–H and O–H groups in total. The molecule has 2 heterocycles. The van der Waals surface area contributed by atoms with Gasteiger partial charge in [0.05, 0.1) is 23.6 Å². The average molecular weight is 348 g/mol. The predicted molar refractivity (Wildman–Crippen MR) is 92.0 cm³/mol. The van der Waals surface area contributed by atoms with E-state index in [1.54, 1.807) is 27.0 Å². The van der Waals surface area contributed by atoms with E-state index in [4.69, 9.17) is 0 Å². The maximum absolute atomic E-state index is 12.3. The summed E-state index contributed by atoms with van der Waals surface area (Å²) in [6, 6.07) is 0. The molecule has 0 saturated carbocycles. The molecular weight excluding hydrogens is 324 g/mol. The lowest BCUT2D eigenvalue weighted by Gasteiger charge is -2.13. The van der Waals surface area contributed by atoms with Crippen LogP contribution in [0.5, 0.6) is 0 Å². The number of hydrogen-bond donors (Lipinski definition) is 1. The van der Waals surface area contributed by atoms with Gasteiger partial charge in [-0.15, -0.1) is 0 Å². The standard InChI is InChI=1S/C16H24N6O3/c1-6-20-12(4)14(8-18-20)7-17-16(23)10(2)9-21-13(5)15(22(24)25)11(3)19-21/h8,10H,6-7,9H2,1-5H3,(H,17,23). The molecule has 2 rings (SSSR count). The SMILES string of the molecule is CCn1ncc(CNC(=O)C(C)Cn2nc(C)c([N+](=O)[O-])c2C)c1C. The van der Waals surface area contributed by atoms with Crippen molar-refractivity contribution in [1.29, 1.82) is 0 Å². The summed E-state index contributed by atoms with van der Waals surface area (Å²) in [5.41, 5.74) is 2.84. The van der Waals surface area contributed by atoms with Gasteiger partial charge in [-0.25, -0.2) is 0 Å².